The first-order valence-corrected chi connectivity index (χ1v) is 13.8. The molecule has 40 heavy (non-hydrogen) atoms. The number of hydrogen-bond donors (Lipinski definition) is 1. The monoisotopic (exact) mass is 582 g/mol. The number of aliphatic imine (C=N–C) groups is 2. The third kappa shape index (κ3) is 4.16. The maximum Gasteiger partial charge on any atom is 0.179 e. The number of para-hydroxylation sites is 3. The van der Waals surface area contributed by atoms with E-state index in [-0.39, 0.29) is 6.04 Å². The summed E-state index contributed by atoms with van der Waals surface area (Å²) in [5.41, 5.74) is 6.39. The minimum absolute atomic E-state index is 0.237. The number of aromatic nitrogens is 2. The van der Waals surface area contributed by atoms with Gasteiger partial charge in [0.2, 0.25) is 0 Å². The highest BCUT2D eigenvalue weighted by Gasteiger charge is 2.41. The second-order valence-electron chi connectivity index (χ2n) is 9.53. The molecule has 0 radical (unpaired) electrons. The van der Waals surface area contributed by atoms with E-state index in [1.807, 2.05) is 78.3 Å². The molecular weight excluding hydrogens is 563 g/mol. The molecular formula is C31H21Cl3N6. The lowest BCUT2D eigenvalue weighted by atomic mass is 9.93. The smallest absolute Gasteiger partial charge is 0.179 e. The van der Waals surface area contributed by atoms with Crippen molar-refractivity contribution in [3.63, 3.8) is 0 Å². The molecule has 0 aliphatic carbocycles. The number of hydrogen-bond acceptors (Lipinski definition) is 5. The van der Waals surface area contributed by atoms with Gasteiger partial charge >= 0.3 is 0 Å². The van der Waals surface area contributed by atoms with E-state index < -0.39 is 0 Å². The number of amidine groups is 2. The van der Waals surface area contributed by atoms with Gasteiger partial charge in [-0.25, -0.2) is 14.7 Å². The Balaban J connectivity index is 1.49. The maximum atomic E-state index is 6.35. The summed E-state index contributed by atoms with van der Waals surface area (Å²) < 4.78 is 1.90. The lowest BCUT2D eigenvalue weighted by Crippen LogP contribution is -2.46. The molecule has 3 heterocycles. The first kappa shape index (κ1) is 24.9. The van der Waals surface area contributed by atoms with Crippen LogP contribution in [0.3, 0.4) is 0 Å². The highest BCUT2D eigenvalue weighted by atomic mass is 35.5. The molecule has 6 nitrogen and oxygen atoms in total. The van der Waals surface area contributed by atoms with E-state index in [4.69, 9.17) is 49.9 Å². The Hall–Kier alpha value is -4.10. The van der Waals surface area contributed by atoms with Crippen LogP contribution in [-0.4, -0.2) is 21.5 Å². The summed E-state index contributed by atoms with van der Waals surface area (Å²) in [5, 5.41) is 10.0. The van der Waals surface area contributed by atoms with Gasteiger partial charge in [-0.3, -0.25) is 0 Å². The highest BCUT2D eigenvalue weighted by molar-refractivity contribution is 6.52. The van der Waals surface area contributed by atoms with Crippen molar-refractivity contribution in [1.82, 2.24) is 9.78 Å². The minimum Gasteiger partial charge on any atom is -0.337 e. The van der Waals surface area contributed by atoms with E-state index in [0.717, 1.165) is 45.4 Å². The zero-order chi connectivity index (χ0) is 27.4. The van der Waals surface area contributed by atoms with Crippen LogP contribution in [0.4, 0.5) is 22.9 Å². The molecule has 0 amide bonds. The number of benzene rings is 4. The van der Waals surface area contributed by atoms with Gasteiger partial charge in [0, 0.05) is 16.3 Å². The average Bonchev–Trinajstić information content (AvgIpc) is 3.31. The van der Waals surface area contributed by atoms with Gasteiger partial charge in [-0.2, -0.15) is 5.10 Å². The quantitative estimate of drug-likeness (QED) is 0.231. The first-order chi connectivity index (χ1) is 19.5. The van der Waals surface area contributed by atoms with Gasteiger partial charge in [-0.15, -0.1) is 0 Å². The molecule has 0 fully saturated rings. The van der Waals surface area contributed by atoms with Crippen molar-refractivity contribution in [3.05, 3.63) is 129 Å². The number of nitrogens with one attached hydrogen (secondary N) is 1. The van der Waals surface area contributed by atoms with E-state index in [0.29, 0.717) is 26.7 Å². The zero-order valence-corrected chi connectivity index (χ0v) is 23.5. The Morgan fingerprint density at radius 3 is 2.30 bits per heavy atom. The fourth-order valence-electron chi connectivity index (χ4n) is 5.22. The van der Waals surface area contributed by atoms with Crippen LogP contribution in [0.5, 0.6) is 0 Å². The van der Waals surface area contributed by atoms with Gasteiger partial charge in [0.1, 0.15) is 0 Å². The third-order valence-corrected chi connectivity index (χ3v) is 8.00. The Labute approximate surface area is 246 Å². The van der Waals surface area contributed by atoms with Gasteiger partial charge in [0.05, 0.1) is 38.8 Å². The van der Waals surface area contributed by atoms with Crippen LogP contribution < -0.4 is 10.2 Å². The number of fused-ring (bicyclic) bond motifs is 4. The van der Waals surface area contributed by atoms with Crippen LogP contribution in [0.1, 0.15) is 22.9 Å². The van der Waals surface area contributed by atoms with Gasteiger partial charge in [0.15, 0.2) is 17.5 Å². The van der Waals surface area contributed by atoms with Crippen LogP contribution >= 0.6 is 34.8 Å². The summed E-state index contributed by atoms with van der Waals surface area (Å²) in [6.45, 7) is 2.03. The predicted octanol–water partition coefficient (Wildman–Crippen LogP) is 8.94. The highest BCUT2D eigenvalue weighted by Crippen LogP contribution is 2.48. The minimum atomic E-state index is -0.237. The molecule has 0 bridgehead atoms. The van der Waals surface area contributed by atoms with Crippen molar-refractivity contribution < 1.29 is 0 Å². The normalized spacial score (nSPS) is 15.5. The van der Waals surface area contributed by atoms with E-state index in [1.165, 1.54) is 0 Å². The van der Waals surface area contributed by atoms with Crippen LogP contribution in [0.15, 0.2) is 107 Å². The summed E-state index contributed by atoms with van der Waals surface area (Å²) in [6, 6.07) is 31.2. The van der Waals surface area contributed by atoms with E-state index in [1.54, 1.807) is 12.1 Å². The van der Waals surface area contributed by atoms with Crippen LogP contribution in [0, 0.1) is 6.92 Å². The first-order valence-electron chi connectivity index (χ1n) is 12.7. The van der Waals surface area contributed by atoms with E-state index in [9.17, 15) is 0 Å². The fraction of sp³-hybridized carbons (Fsp3) is 0.0645. The molecule has 1 aromatic heterocycles. The summed E-state index contributed by atoms with van der Waals surface area (Å²) in [6.07, 6.45) is 0. The van der Waals surface area contributed by atoms with E-state index in [2.05, 4.69) is 28.4 Å². The van der Waals surface area contributed by atoms with Gasteiger partial charge in [-0.05, 0) is 67.1 Å². The molecule has 2 aliphatic heterocycles. The lowest BCUT2D eigenvalue weighted by Gasteiger charge is -2.40. The second kappa shape index (κ2) is 9.82. The van der Waals surface area contributed by atoms with Crippen molar-refractivity contribution >= 4 is 69.4 Å². The number of rotatable bonds is 3. The molecule has 2 aliphatic rings. The van der Waals surface area contributed by atoms with Crippen molar-refractivity contribution in [2.24, 2.45) is 9.98 Å². The SMILES string of the molecule is Cc1nn(-c2ccccc2)c2c1[C@H](c1ccc(Cl)cc1)N1C(=N2)C(Nc2ccc(Cl)c(Cl)c2)=Nc2ccccc21. The maximum absolute atomic E-state index is 6.35. The summed E-state index contributed by atoms with van der Waals surface area (Å²) in [5.74, 6) is 1.99. The van der Waals surface area contributed by atoms with Crippen LogP contribution in [0.2, 0.25) is 15.1 Å². The lowest BCUT2D eigenvalue weighted by molar-refractivity contribution is 0.815. The van der Waals surface area contributed by atoms with Crippen LogP contribution in [0.25, 0.3) is 5.69 Å². The molecule has 0 saturated heterocycles. The fourth-order valence-corrected chi connectivity index (χ4v) is 5.64. The van der Waals surface area contributed by atoms with E-state index >= 15 is 0 Å². The summed E-state index contributed by atoms with van der Waals surface area (Å²) in [7, 11) is 0. The van der Waals surface area contributed by atoms with Crippen molar-refractivity contribution in [2.45, 2.75) is 13.0 Å². The molecule has 0 unspecified atom stereocenters. The summed E-state index contributed by atoms with van der Waals surface area (Å²) in [4.78, 5) is 12.5. The molecule has 0 spiro atoms. The van der Waals surface area contributed by atoms with Crippen molar-refractivity contribution in [2.75, 3.05) is 10.2 Å². The number of aryl methyl sites for hydroxylation is 1. The van der Waals surface area contributed by atoms with Gasteiger partial charge in [0.25, 0.3) is 0 Å². The van der Waals surface area contributed by atoms with Crippen LogP contribution in [-0.2, 0) is 0 Å². The molecule has 0 saturated carbocycles. The predicted molar refractivity (Wildman–Crippen MR) is 165 cm³/mol. The molecule has 196 valence electrons. The molecule has 5 aromatic rings. The van der Waals surface area contributed by atoms with Crippen molar-refractivity contribution in [3.8, 4) is 5.69 Å². The topological polar surface area (TPSA) is 57.8 Å². The van der Waals surface area contributed by atoms with Gasteiger partial charge in [-0.1, -0.05) is 77.3 Å². The largest absolute Gasteiger partial charge is 0.337 e. The summed E-state index contributed by atoms with van der Waals surface area (Å²) >= 11 is 18.9. The Kier molecular flexibility index (Phi) is 6.12. The number of nitrogens with zero attached hydrogens (tertiary/aromatic N) is 5. The molecule has 4 aromatic carbocycles. The molecule has 9 heteroatoms. The second-order valence-corrected chi connectivity index (χ2v) is 10.8. The van der Waals surface area contributed by atoms with Crippen molar-refractivity contribution in [1.29, 1.82) is 0 Å². The third-order valence-electron chi connectivity index (χ3n) is 7.01. The Morgan fingerprint density at radius 1 is 0.775 bits per heavy atom. The molecule has 1 atom stereocenters. The molecule has 7 rings (SSSR count). The number of anilines is 2. The standard InChI is InChI=1S/C31H21Cl3N6/c1-18-27-28(19-11-13-20(32)14-12-19)39-26-10-6-5-9-25(26)36-29(35-21-15-16-23(33)24(34)17-21)31(39)37-30(27)40(38-18)22-7-3-2-4-8-22/h2-17,28H,1H3,(H,35,36)/t28-/m0/s1. The molecule has 1 N–H and O–H groups in total. The van der Waals surface area contributed by atoms with Gasteiger partial charge < -0.3 is 10.2 Å². The Bertz CT molecular complexity index is 1830. The zero-order valence-electron chi connectivity index (χ0n) is 21.2. The Morgan fingerprint density at radius 2 is 1.52 bits per heavy atom. The number of halogens is 3. The average molecular weight is 584 g/mol.